The summed E-state index contributed by atoms with van der Waals surface area (Å²) in [4.78, 5) is 14.1. The van der Waals surface area contributed by atoms with Crippen molar-refractivity contribution in [1.29, 1.82) is 0 Å². The molecular weight excluding hydrogens is 562 g/mol. The summed E-state index contributed by atoms with van der Waals surface area (Å²) in [5.41, 5.74) is 4.06. The average molecular weight is 582 g/mol. The highest BCUT2D eigenvalue weighted by Crippen LogP contribution is 2.35. The van der Waals surface area contributed by atoms with Crippen LogP contribution in [0.4, 0.5) is 17.1 Å². The van der Waals surface area contributed by atoms with Crippen LogP contribution >= 0.6 is 47.8 Å². The smallest absolute Gasteiger partial charge is 0.322 e. The van der Waals surface area contributed by atoms with Crippen LogP contribution in [0.2, 0.25) is 0 Å². The zero-order valence-corrected chi connectivity index (χ0v) is 20.8. The lowest BCUT2D eigenvalue weighted by atomic mass is 10.1. The molecule has 29 heavy (non-hydrogen) atoms. The molecule has 0 spiro atoms. The molecule has 0 bridgehead atoms. The second kappa shape index (κ2) is 9.45. The number of hydrogen-bond acceptors (Lipinski definition) is 3. The number of alkyl halides is 1. The van der Waals surface area contributed by atoms with Crippen molar-refractivity contribution in [2.75, 3.05) is 4.90 Å². The van der Waals surface area contributed by atoms with Crippen LogP contribution in [0.25, 0.3) is 0 Å². The standard InChI is InChI=1S/C23H20Br3NO2/c1-23(2,26)22(28)29-15-16-3-9-19(10-4-16)27(20-11-5-17(24)6-12-20)21-13-7-18(25)8-14-21/h3-14H,15H2,1-2H3. The van der Waals surface area contributed by atoms with Gasteiger partial charge in [-0.3, -0.25) is 4.79 Å². The van der Waals surface area contributed by atoms with Crippen molar-refractivity contribution in [3.8, 4) is 0 Å². The quantitative estimate of drug-likeness (QED) is 0.219. The average Bonchev–Trinajstić information content (AvgIpc) is 2.69. The zero-order valence-electron chi connectivity index (χ0n) is 16.0. The molecule has 0 saturated heterocycles. The first-order valence-electron chi connectivity index (χ1n) is 9.00. The van der Waals surface area contributed by atoms with Crippen LogP contribution in [0.15, 0.2) is 81.7 Å². The van der Waals surface area contributed by atoms with Crippen molar-refractivity contribution in [3.63, 3.8) is 0 Å². The van der Waals surface area contributed by atoms with Gasteiger partial charge in [-0.1, -0.05) is 59.9 Å². The molecule has 0 saturated carbocycles. The minimum Gasteiger partial charge on any atom is -0.460 e. The Morgan fingerprint density at radius 1 is 0.793 bits per heavy atom. The second-order valence-corrected chi connectivity index (χ2v) is 10.8. The van der Waals surface area contributed by atoms with Gasteiger partial charge in [0.25, 0.3) is 0 Å². The number of nitrogens with zero attached hydrogens (tertiary/aromatic N) is 1. The first-order valence-corrected chi connectivity index (χ1v) is 11.4. The third kappa shape index (κ3) is 5.93. The van der Waals surface area contributed by atoms with E-state index in [-0.39, 0.29) is 12.6 Å². The Morgan fingerprint density at radius 3 is 1.55 bits per heavy atom. The summed E-state index contributed by atoms with van der Waals surface area (Å²) in [5.74, 6) is -0.284. The number of ether oxygens (including phenoxy) is 1. The number of halogens is 3. The second-order valence-electron chi connectivity index (χ2n) is 7.00. The number of anilines is 3. The molecule has 0 amide bonds. The van der Waals surface area contributed by atoms with E-state index in [0.717, 1.165) is 31.6 Å². The van der Waals surface area contributed by atoms with Crippen LogP contribution in [0.5, 0.6) is 0 Å². The molecule has 3 nitrogen and oxygen atoms in total. The summed E-state index contributed by atoms with van der Waals surface area (Å²) in [7, 11) is 0. The van der Waals surface area contributed by atoms with Crippen molar-refractivity contribution < 1.29 is 9.53 Å². The lowest BCUT2D eigenvalue weighted by molar-refractivity contribution is -0.146. The highest BCUT2D eigenvalue weighted by atomic mass is 79.9. The fraction of sp³-hybridized carbons (Fsp3) is 0.174. The topological polar surface area (TPSA) is 29.5 Å². The number of esters is 1. The maximum atomic E-state index is 12.0. The fourth-order valence-electron chi connectivity index (χ4n) is 2.69. The molecule has 150 valence electrons. The highest BCUT2D eigenvalue weighted by molar-refractivity contribution is 9.11. The van der Waals surface area contributed by atoms with Crippen molar-refractivity contribution in [3.05, 3.63) is 87.3 Å². The van der Waals surface area contributed by atoms with Crippen molar-refractivity contribution in [2.24, 2.45) is 0 Å². The summed E-state index contributed by atoms with van der Waals surface area (Å²) < 4.78 is 6.75. The number of benzene rings is 3. The van der Waals surface area contributed by atoms with Gasteiger partial charge in [0.15, 0.2) is 0 Å². The van der Waals surface area contributed by atoms with Gasteiger partial charge in [-0.25, -0.2) is 0 Å². The van der Waals surface area contributed by atoms with E-state index in [1.807, 2.05) is 48.5 Å². The van der Waals surface area contributed by atoms with Crippen LogP contribution in [-0.2, 0) is 16.1 Å². The highest BCUT2D eigenvalue weighted by Gasteiger charge is 2.25. The SMILES string of the molecule is CC(C)(Br)C(=O)OCc1ccc(N(c2ccc(Br)cc2)c2ccc(Br)cc2)cc1. The van der Waals surface area contributed by atoms with Crippen LogP contribution < -0.4 is 4.90 Å². The van der Waals surface area contributed by atoms with Gasteiger partial charge in [0, 0.05) is 26.0 Å². The molecule has 3 rings (SSSR count). The van der Waals surface area contributed by atoms with Crippen molar-refractivity contribution in [1.82, 2.24) is 0 Å². The van der Waals surface area contributed by atoms with E-state index in [9.17, 15) is 4.79 Å². The lowest BCUT2D eigenvalue weighted by Gasteiger charge is -2.26. The Bertz CT molecular complexity index is 918. The summed E-state index contributed by atoms with van der Waals surface area (Å²) >= 11 is 10.3. The number of rotatable bonds is 6. The van der Waals surface area contributed by atoms with Gasteiger partial charge in [-0.2, -0.15) is 0 Å². The molecule has 3 aromatic rings. The van der Waals surface area contributed by atoms with Crippen LogP contribution in [0.3, 0.4) is 0 Å². The first kappa shape index (κ1) is 22.1. The molecule has 3 aromatic carbocycles. The van der Waals surface area contributed by atoms with E-state index in [1.54, 1.807) is 13.8 Å². The van der Waals surface area contributed by atoms with Gasteiger partial charge in [-0.05, 0) is 80.1 Å². The van der Waals surface area contributed by atoms with Gasteiger partial charge in [0.05, 0.1) is 0 Å². The molecule has 0 unspecified atom stereocenters. The Labute approximate surface area is 196 Å². The third-order valence-electron chi connectivity index (χ3n) is 4.22. The normalized spacial score (nSPS) is 11.2. The minimum absolute atomic E-state index is 0.241. The Balaban J connectivity index is 1.87. The Morgan fingerprint density at radius 2 is 1.17 bits per heavy atom. The summed E-state index contributed by atoms with van der Waals surface area (Å²) in [5, 5.41) is 0. The first-order chi connectivity index (χ1) is 13.7. The number of hydrogen-bond donors (Lipinski definition) is 0. The number of carbonyl (C=O) groups excluding carboxylic acids is 1. The molecule has 0 aliphatic heterocycles. The van der Waals surface area contributed by atoms with Crippen molar-refractivity contribution >= 4 is 70.8 Å². The van der Waals surface area contributed by atoms with Crippen LogP contribution in [0, 0.1) is 0 Å². The van der Waals surface area contributed by atoms with Gasteiger partial charge in [0.1, 0.15) is 10.9 Å². The molecule has 0 aromatic heterocycles. The molecule has 0 atom stereocenters. The zero-order chi connectivity index (χ0) is 21.0. The van der Waals surface area contributed by atoms with Crippen LogP contribution in [0.1, 0.15) is 19.4 Å². The largest absolute Gasteiger partial charge is 0.460 e. The molecular formula is C23H20Br3NO2. The van der Waals surface area contributed by atoms with Gasteiger partial charge >= 0.3 is 5.97 Å². The van der Waals surface area contributed by atoms with E-state index in [2.05, 4.69) is 77.0 Å². The maximum absolute atomic E-state index is 12.0. The maximum Gasteiger partial charge on any atom is 0.322 e. The predicted molar refractivity (Wildman–Crippen MR) is 129 cm³/mol. The lowest BCUT2D eigenvalue weighted by Crippen LogP contribution is -2.26. The Hall–Kier alpha value is -1.63. The molecule has 6 heteroatoms. The predicted octanol–water partition coefficient (Wildman–Crippen LogP) is 7.90. The van der Waals surface area contributed by atoms with E-state index >= 15 is 0 Å². The minimum atomic E-state index is -0.688. The molecule has 0 aliphatic rings. The molecule has 0 heterocycles. The molecule has 0 N–H and O–H groups in total. The van der Waals surface area contributed by atoms with E-state index in [4.69, 9.17) is 4.74 Å². The third-order valence-corrected chi connectivity index (χ3v) is 5.60. The summed E-state index contributed by atoms with van der Waals surface area (Å²) in [6.07, 6.45) is 0. The van der Waals surface area contributed by atoms with Gasteiger partial charge in [-0.15, -0.1) is 0 Å². The Kier molecular flexibility index (Phi) is 7.19. The molecule has 0 fully saturated rings. The summed E-state index contributed by atoms with van der Waals surface area (Å²) in [6, 6.07) is 24.4. The van der Waals surface area contributed by atoms with Gasteiger partial charge < -0.3 is 9.64 Å². The summed E-state index contributed by atoms with van der Waals surface area (Å²) in [6.45, 7) is 3.78. The van der Waals surface area contributed by atoms with E-state index < -0.39 is 4.32 Å². The van der Waals surface area contributed by atoms with Gasteiger partial charge in [0.2, 0.25) is 0 Å². The molecule has 0 radical (unpaired) electrons. The van der Waals surface area contributed by atoms with E-state index in [0.29, 0.717) is 0 Å². The molecule has 0 aliphatic carbocycles. The van der Waals surface area contributed by atoms with E-state index in [1.165, 1.54) is 0 Å². The number of carbonyl (C=O) groups is 1. The van der Waals surface area contributed by atoms with Crippen molar-refractivity contribution in [2.45, 2.75) is 24.8 Å². The fourth-order valence-corrected chi connectivity index (χ4v) is 3.33. The van der Waals surface area contributed by atoms with Crippen LogP contribution in [-0.4, -0.2) is 10.3 Å². The monoisotopic (exact) mass is 579 g/mol.